The van der Waals surface area contributed by atoms with Crippen LogP contribution in [0.2, 0.25) is 0 Å². The predicted molar refractivity (Wildman–Crippen MR) is 196 cm³/mol. The van der Waals surface area contributed by atoms with E-state index in [4.69, 9.17) is 18.9 Å². The summed E-state index contributed by atoms with van der Waals surface area (Å²) in [6, 6.07) is 0. The van der Waals surface area contributed by atoms with Crippen molar-refractivity contribution in [1.82, 2.24) is 0 Å². The minimum absolute atomic E-state index is 0.111. The topological polar surface area (TPSA) is 135 Å². The average Bonchev–Trinajstić information content (AvgIpc) is 3.10. The molecule has 1 rings (SSSR count). The highest BCUT2D eigenvalue weighted by atomic mass is 16.7. The van der Waals surface area contributed by atoms with Gasteiger partial charge in [-0.25, -0.2) is 0 Å². The zero-order valence-corrected chi connectivity index (χ0v) is 31.5. The summed E-state index contributed by atoms with van der Waals surface area (Å²) in [5.74, 6) is -0.320. The van der Waals surface area contributed by atoms with Gasteiger partial charge < -0.3 is 39.4 Å². The van der Waals surface area contributed by atoms with Gasteiger partial charge in [-0.1, -0.05) is 142 Å². The largest absolute Gasteiger partial charge is 0.457 e. The Kier molecular flexibility index (Phi) is 30.8. The van der Waals surface area contributed by atoms with Gasteiger partial charge in [-0.05, 0) is 38.5 Å². The van der Waals surface area contributed by atoms with Crippen LogP contribution in [0.15, 0.2) is 12.2 Å². The molecule has 0 radical (unpaired) electrons. The third kappa shape index (κ3) is 24.7. The van der Waals surface area contributed by atoms with Crippen LogP contribution in [0.5, 0.6) is 0 Å². The van der Waals surface area contributed by atoms with Crippen LogP contribution in [-0.2, 0) is 23.7 Å². The predicted octanol–water partition coefficient (Wildman–Crippen LogP) is 8.08. The van der Waals surface area contributed by atoms with Gasteiger partial charge in [0.1, 0.15) is 30.5 Å². The van der Waals surface area contributed by atoms with Gasteiger partial charge in [-0.2, -0.15) is 0 Å². The molecule has 1 aliphatic heterocycles. The summed E-state index contributed by atoms with van der Waals surface area (Å²) >= 11 is 0. The van der Waals surface area contributed by atoms with E-state index in [1.54, 1.807) is 0 Å². The van der Waals surface area contributed by atoms with Crippen molar-refractivity contribution in [2.75, 3.05) is 26.4 Å². The highest BCUT2D eigenvalue weighted by molar-refractivity contribution is 5.69. The zero-order valence-electron chi connectivity index (χ0n) is 31.5. The van der Waals surface area contributed by atoms with Crippen LogP contribution in [0.1, 0.15) is 174 Å². The van der Waals surface area contributed by atoms with E-state index in [0.29, 0.717) is 13.0 Å². The Bertz CT molecular complexity index is 762. The lowest BCUT2D eigenvalue weighted by Gasteiger charge is -2.39. The molecule has 0 amide bonds. The zero-order chi connectivity index (χ0) is 35.8. The number of esters is 1. The number of carbonyl (C=O) groups is 1. The normalized spacial score (nSPS) is 21.8. The number of aliphatic hydroxyl groups is 4. The van der Waals surface area contributed by atoms with E-state index in [1.807, 2.05) is 0 Å². The van der Waals surface area contributed by atoms with E-state index >= 15 is 0 Å². The Morgan fingerprint density at radius 2 is 1.12 bits per heavy atom. The number of hydrogen-bond acceptors (Lipinski definition) is 9. The van der Waals surface area contributed by atoms with Gasteiger partial charge in [0.25, 0.3) is 0 Å². The molecular formula is C40H76O9. The monoisotopic (exact) mass is 701 g/mol. The fourth-order valence-electron chi connectivity index (χ4n) is 6.19. The SMILES string of the molecule is CCCCCCCCC/C=C\CCCCCCCCCCOCC(COC1OC(CO)C(O)C(O)C1O)OC(=O)CCCCCCCCC. The molecule has 0 aromatic heterocycles. The van der Waals surface area contributed by atoms with E-state index in [0.717, 1.165) is 32.1 Å². The number of carbonyl (C=O) groups excluding carboxylic acids is 1. The second-order valence-corrected chi connectivity index (χ2v) is 14.1. The minimum atomic E-state index is -1.53. The van der Waals surface area contributed by atoms with Crippen molar-refractivity contribution < 1.29 is 44.2 Å². The molecule has 0 saturated carbocycles. The van der Waals surface area contributed by atoms with Crippen LogP contribution in [0.3, 0.4) is 0 Å². The summed E-state index contributed by atoms with van der Waals surface area (Å²) < 4.78 is 22.6. The van der Waals surface area contributed by atoms with Gasteiger partial charge in [0.2, 0.25) is 0 Å². The highest BCUT2D eigenvalue weighted by Crippen LogP contribution is 2.22. The smallest absolute Gasteiger partial charge is 0.306 e. The van der Waals surface area contributed by atoms with Gasteiger partial charge in [0.05, 0.1) is 19.8 Å². The van der Waals surface area contributed by atoms with Crippen molar-refractivity contribution in [3.05, 3.63) is 12.2 Å². The maximum absolute atomic E-state index is 12.6. The standard InChI is InChI=1S/C40H76O9/c1-3-5-7-9-11-12-13-14-15-16-17-18-19-20-21-22-24-26-28-30-46-32-34(48-36(42)29-27-25-23-10-8-6-4-2)33-47-40-39(45)38(44)37(43)35(31-41)49-40/h15-16,34-35,37-41,43-45H,3-14,17-33H2,1-2H3/b16-15-. The molecule has 6 atom stereocenters. The third-order valence-electron chi connectivity index (χ3n) is 9.43. The molecule has 49 heavy (non-hydrogen) atoms. The van der Waals surface area contributed by atoms with E-state index in [9.17, 15) is 25.2 Å². The number of allylic oxidation sites excluding steroid dienone is 2. The molecular weight excluding hydrogens is 624 g/mol. The molecule has 0 aliphatic carbocycles. The number of unbranched alkanes of at least 4 members (excludes halogenated alkanes) is 21. The number of rotatable bonds is 34. The fourth-order valence-corrected chi connectivity index (χ4v) is 6.19. The van der Waals surface area contributed by atoms with E-state index in [1.165, 1.54) is 122 Å². The first-order chi connectivity index (χ1) is 23.9. The molecule has 1 aliphatic rings. The number of hydrogen-bond donors (Lipinski definition) is 4. The van der Waals surface area contributed by atoms with Crippen molar-refractivity contribution >= 4 is 5.97 Å². The Labute approximate surface area is 299 Å². The molecule has 0 aromatic carbocycles. The van der Waals surface area contributed by atoms with Crippen molar-refractivity contribution in [3.8, 4) is 0 Å². The Morgan fingerprint density at radius 3 is 1.65 bits per heavy atom. The molecule has 1 heterocycles. The number of ether oxygens (including phenoxy) is 4. The lowest BCUT2D eigenvalue weighted by atomic mass is 9.99. The third-order valence-corrected chi connectivity index (χ3v) is 9.43. The Balaban J connectivity index is 2.21. The molecule has 9 nitrogen and oxygen atoms in total. The molecule has 290 valence electrons. The van der Waals surface area contributed by atoms with Crippen LogP contribution >= 0.6 is 0 Å². The van der Waals surface area contributed by atoms with Crippen LogP contribution in [0, 0.1) is 0 Å². The van der Waals surface area contributed by atoms with Crippen LogP contribution in [0.25, 0.3) is 0 Å². The van der Waals surface area contributed by atoms with E-state index in [-0.39, 0.29) is 19.2 Å². The van der Waals surface area contributed by atoms with E-state index in [2.05, 4.69) is 26.0 Å². The molecule has 4 N–H and O–H groups in total. The summed E-state index contributed by atoms with van der Waals surface area (Å²) in [5.41, 5.74) is 0. The van der Waals surface area contributed by atoms with Crippen molar-refractivity contribution in [2.45, 2.75) is 211 Å². The minimum Gasteiger partial charge on any atom is -0.457 e. The summed E-state index contributed by atoms with van der Waals surface area (Å²) in [6.07, 6.45) is 26.9. The second-order valence-electron chi connectivity index (χ2n) is 14.1. The summed E-state index contributed by atoms with van der Waals surface area (Å²) in [4.78, 5) is 12.6. The van der Waals surface area contributed by atoms with Gasteiger partial charge >= 0.3 is 5.97 Å². The molecule has 0 aromatic rings. The van der Waals surface area contributed by atoms with Gasteiger partial charge in [0, 0.05) is 13.0 Å². The Morgan fingerprint density at radius 1 is 0.633 bits per heavy atom. The average molecular weight is 701 g/mol. The second kappa shape index (κ2) is 32.8. The maximum atomic E-state index is 12.6. The van der Waals surface area contributed by atoms with Gasteiger partial charge in [0.15, 0.2) is 6.29 Å². The van der Waals surface area contributed by atoms with Crippen LogP contribution in [-0.4, -0.2) is 89.6 Å². The first-order valence-corrected chi connectivity index (χ1v) is 20.3. The molecule has 9 heteroatoms. The molecule has 1 fully saturated rings. The van der Waals surface area contributed by atoms with Crippen molar-refractivity contribution in [1.29, 1.82) is 0 Å². The molecule has 0 spiro atoms. The lowest BCUT2D eigenvalue weighted by Crippen LogP contribution is -2.59. The molecule has 6 unspecified atom stereocenters. The van der Waals surface area contributed by atoms with Gasteiger partial charge in [-0.15, -0.1) is 0 Å². The summed E-state index contributed by atoms with van der Waals surface area (Å²) in [5, 5.41) is 39.9. The fraction of sp³-hybridized carbons (Fsp3) is 0.925. The first kappa shape index (κ1) is 46.0. The molecule has 0 bridgehead atoms. The van der Waals surface area contributed by atoms with Crippen LogP contribution < -0.4 is 0 Å². The van der Waals surface area contributed by atoms with Crippen molar-refractivity contribution in [3.63, 3.8) is 0 Å². The van der Waals surface area contributed by atoms with E-state index < -0.39 is 43.4 Å². The Hall–Kier alpha value is -1.07. The summed E-state index contributed by atoms with van der Waals surface area (Å²) in [7, 11) is 0. The maximum Gasteiger partial charge on any atom is 0.306 e. The highest BCUT2D eigenvalue weighted by Gasteiger charge is 2.44. The quantitative estimate of drug-likeness (QED) is 0.0299. The molecule has 1 saturated heterocycles. The van der Waals surface area contributed by atoms with Crippen LogP contribution in [0.4, 0.5) is 0 Å². The summed E-state index contributed by atoms with van der Waals surface area (Å²) in [6.45, 7) is 4.51. The van der Waals surface area contributed by atoms with Gasteiger partial charge in [-0.3, -0.25) is 4.79 Å². The lowest BCUT2D eigenvalue weighted by molar-refractivity contribution is -0.305. The number of aliphatic hydroxyl groups excluding tert-OH is 4. The first-order valence-electron chi connectivity index (χ1n) is 20.3. The van der Waals surface area contributed by atoms with Crippen molar-refractivity contribution in [2.24, 2.45) is 0 Å².